The van der Waals surface area contributed by atoms with Crippen LogP contribution in [0.15, 0.2) is 30.3 Å². The van der Waals surface area contributed by atoms with E-state index in [9.17, 15) is 19.2 Å². The van der Waals surface area contributed by atoms with Crippen LogP contribution < -0.4 is 21.6 Å². The van der Waals surface area contributed by atoms with Gasteiger partial charge in [0.1, 0.15) is 29.6 Å². The van der Waals surface area contributed by atoms with Crippen LogP contribution in [0.1, 0.15) is 45.8 Å². The van der Waals surface area contributed by atoms with E-state index in [0.29, 0.717) is 21.7 Å². The lowest BCUT2D eigenvalue weighted by Gasteiger charge is -2.29. The minimum Gasteiger partial charge on any atom is -0.352 e. The normalized spacial score (nSPS) is 18.8. The third-order valence-corrected chi connectivity index (χ3v) is 6.71. The lowest BCUT2D eigenvalue weighted by molar-refractivity contribution is -0.147. The second-order valence-electron chi connectivity index (χ2n) is 9.00. The Morgan fingerprint density at radius 1 is 1.17 bits per heavy atom. The van der Waals surface area contributed by atoms with Crippen LogP contribution in [-0.4, -0.2) is 58.1 Å². The molecule has 2 N–H and O–H groups in total. The maximum absolute atomic E-state index is 15.1. The Balaban J connectivity index is 1.51. The minimum absolute atomic E-state index is 0.144. The lowest BCUT2D eigenvalue weighted by Crippen LogP contribution is -2.52. The van der Waals surface area contributed by atoms with Crippen LogP contribution in [0, 0.1) is 0 Å². The Bertz CT molecular complexity index is 1250. The number of hydrogen-bond acceptors (Lipinski definition) is 4. The summed E-state index contributed by atoms with van der Waals surface area (Å²) in [5, 5.41) is 4.93. The van der Waals surface area contributed by atoms with Gasteiger partial charge in [0, 0.05) is 35.1 Å². The second kappa shape index (κ2) is 9.15. The van der Waals surface area contributed by atoms with Gasteiger partial charge < -0.3 is 10.2 Å². The number of alkyl halides is 2. The Labute approximate surface area is 208 Å². The average Bonchev–Trinajstić information content (AvgIpc) is 3.08. The Kier molecular flexibility index (Phi) is 6.53. The molecule has 2 heterocycles. The van der Waals surface area contributed by atoms with Gasteiger partial charge in [0.05, 0.1) is 0 Å². The van der Waals surface area contributed by atoms with Crippen LogP contribution >= 0.6 is 11.6 Å². The topological polar surface area (TPSA) is 95.6 Å². The highest BCUT2D eigenvalue weighted by atomic mass is 35.5. The van der Waals surface area contributed by atoms with Crippen LogP contribution in [0.2, 0.25) is 5.02 Å². The van der Waals surface area contributed by atoms with Gasteiger partial charge in [-0.05, 0) is 35.7 Å². The number of halogens is 3. The van der Waals surface area contributed by atoms with Crippen LogP contribution in [0.25, 0.3) is 0 Å². The summed E-state index contributed by atoms with van der Waals surface area (Å²) >= 11 is 5.94. The fourth-order valence-corrected chi connectivity index (χ4v) is 5.08. The molecule has 1 fully saturated rings. The molecular weight excluding hydrogens is 476 g/mol. The first-order chi connectivity index (χ1) is 16.4. The van der Waals surface area contributed by atoms with Crippen molar-refractivity contribution in [1.29, 1.82) is 0 Å². The van der Waals surface area contributed by atoms with Crippen molar-refractivity contribution in [3.63, 3.8) is 0 Å². The number of hydrogen-bond donors (Lipinski definition) is 2. The van der Waals surface area contributed by atoms with E-state index in [1.807, 2.05) is 0 Å². The summed E-state index contributed by atoms with van der Waals surface area (Å²) < 4.78 is 30.2. The van der Waals surface area contributed by atoms with Crippen molar-refractivity contribution in [2.75, 3.05) is 0 Å². The maximum Gasteiger partial charge on any atom is 0.348 e. The molecule has 2 aromatic carbocycles. The summed E-state index contributed by atoms with van der Waals surface area (Å²) in [5.74, 6) is -7.21. The quantitative estimate of drug-likeness (QED) is 0.375. The van der Waals surface area contributed by atoms with Crippen LogP contribution in [0.3, 0.4) is 0 Å². The van der Waals surface area contributed by atoms with Crippen molar-refractivity contribution in [1.82, 2.24) is 15.5 Å². The number of nitrogens with one attached hydrogen (secondary N) is 2. The highest BCUT2D eigenvalue weighted by Gasteiger charge is 2.44. The van der Waals surface area contributed by atoms with E-state index in [1.165, 1.54) is 32.7 Å². The molecule has 1 saturated heterocycles. The Morgan fingerprint density at radius 3 is 2.46 bits per heavy atom. The van der Waals surface area contributed by atoms with Gasteiger partial charge in [0.15, 0.2) is 0 Å². The zero-order valence-electron chi connectivity index (χ0n) is 19.4. The van der Waals surface area contributed by atoms with E-state index in [4.69, 9.17) is 11.6 Å². The van der Waals surface area contributed by atoms with Gasteiger partial charge in [-0.2, -0.15) is 8.78 Å². The molecule has 2 aliphatic heterocycles. The van der Waals surface area contributed by atoms with Crippen LogP contribution in [0.4, 0.5) is 8.78 Å². The van der Waals surface area contributed by atoms with Gasteiger partial charge in [0.2, 0.25) is 11.8 Å². The lowest BCUT2D eigenvalue weighted by atomic mass is 9.78. The van der Waals surface area contributed by atoms with E-state index >= 15 is 8.78 Å². The third kappa shape index (κ3) is 4.59. The van der Waals surface area contributed by atoms with Gasteiger partial charge in [0.25, 0.3) is 11.8 Å². The molecule has 13 heteroatoms. The summed E-state index contributed by atoms with van der Waals surface area (Å²) in [6.45, 7) is 0.147. The zero-order valence-corrected chi connectivity index (χ0v) is 20.1. The molecular formula is C22H21B3ClF2N3O4. The summed E-state index contributed by atoms with van der Waals surface area (Å²) in [5.41, 5.74) is 1.60. The van der Waals surface area contributed by atoms with Gasteiger partial charge in [-0.25, -0.2) is 0 Å². The summed E-state index contributed by atoms with van der Waals surface area (Å²) in [6.07, 6.45) is 0.383. The van der Waals surface area contributed by atoms with Crippen molar-refractivity contribution in [3.8, 4) is 0 Å². The molecule has 0 aromatic heterocycles. The molecule has 0 radical (unpaired) electrons. The monoisotopic (exact) mass is 497 g/mol. The number of carbonyl (C=O) groups excluding carboxylic acids is 4. The fraction of sp³-hybridized carbons (Fsp3) is 0.273. The molecule has 35 heavy (non-hydrogen) atoms. The fourth-order valence-electron chi connectivity index (χ4n) is 4.75. The molecule has 0 aliphatic carbocycles. The largest absolute Gasteiger partial charge is 0.352 e. The highest BCUT2D eigenvalue weighted by molar-refractivity contribution is 6.43. The van der Waals surface area contributed by atoms with Gasteiger partial charge in [-0.15, -0.1) is 0 Å². The Hall–Kier alpha value is -3.14. The molecule has 178 valence electrons. The number of benzene rings is 2. The zero-order chi connectivity index (χ0) is 25.7. The molecule has 4 amide bonds. The van der Waals surface area contributed by atoms with Crippen molar-refractivity contribution in [2.45, 2.75) is 37.3 Å². The highest BCUT2D eigenvalue weighted by Crippen LogP contribution is 2.31. The number of fused-ring (bicyclic) bond motifs is 1. The van der Waals surface area contributed by atoms with E-state index in [1.54, 1.807) is 26.0 Å². The van der Waals surface area contributed by atoms with Crippen molar-refractivity contribution >= 4 is 69.7 Å². The van der Waals surface area contributed by atoms with Crippen molar-refractivity contribution in [3.05, 3.63) is 57.6 Å². The second-order valence-corrected chi connectivity index (χ2v) is 9.44. The number of nitrogens with zero attached hydrogens (tertiary/aromatic N) is 1. The van der Waals surface area contributed by atoms with Crippen molar-refractivity contribution in [2.24, 2.45) is 0 Å². The number of carbonyl (C=O) groups is 4. The molecule has 0 spiro atoms. The molecule has 4 rings (SSSR count). The summed E-state index contributed by atoms with van der Waals surface area (Å²) in [6, 6.07) is 6.85. The molecule has 0 bridgehead atoms. The molecule has 2 aliphatic rings. The van der Waals surface area contributed by atoms with Gasteiger partial charge in [-0.3, -0.25) is 24.5 Å². The molecule has 2 aromatic rings. The van der Waals surface area contributed by atoms with Gasteiger partial charge in [-0.1, -0.05) is 34.7 Å². The van der Waals surface area contributed by atoms with Crippen LogP contribution in [0.5, 0.6) is 0 Å². The summed E-state index contributed by atoms with van der Waals surface area (Å²) in [4.78, 5) is 50.5. The predicted octanol–water partition coefficient (Wildman–Crippen LogP) is -1.84. The number of imide groups is 1. The molecule has 0 saturated carbocycles. The predicted molar refractivity (Wildman–Crippen MR) is 134 cm³/mol. The van der Waals surface area contributed by atoms with Crippen molar-refractivity contribution < 1.29 is 28.0 Å². The number of rotatable bonds is 5. The molecule has 7 nitrogen and oxygen atoms in total. The molecule has 2 unspecified atom stereocenters. The average molecular weight is 497 g/mol. The van der Waals surface area contributed by atoms with E-state index in [2.05, 4.69) is 10.6 Å². The van der Waals surface area contributed by atoms with Crippen LogP contribution in [-0.2, 0) is 26.9 Å². The third-order valence-electron chi connectivity index (χ3n) is 6.49. The first kappa shape index (κ1) is 25.0. The first-order valence-electron chi connectivity index (χ1n) is 11.1. The standard InChI is InChI=1S/C22H21B3ClF2N3O4/c23-13-6-11(26)7-14(24)17(13)22(27,28)21(35)30-18(25)9-1-2-12-10(5-9)8-31(20(12)34)15-3-4-16(32)29-19(15)33/h1-2,5-7,15,18H,3-4,8,23-25H2,(H,30,35)(H,29,32,33). The maximum atomic E-state index is 15.1. The SMILES string of the molecule is Bc1cc(Cl)cc(B)c1C(F)(F)C(=O)NC(B)c1ccc2c(c1)CN(C1CCC(=O)NC1=O)C2=O. The van der Waals surface area contributed by atoms with E-state index < -0.39 is 29.7 Å². The van der Waals surface area contributed by atoms with E-state index in [-0.39, 0.29) is 47.7 Å². The summed E-state index contributed by atoms with van der Waals surface area (Å²) in [7, 11) is 4.53. The Morgan fingerprint density at radius 2 is 1.83 bits per heavy atom. The van der Waals surface area contributed by atoms with Gasteiger partial charge >= 0.3 is 5.92 Å². The number of piperidine rings is 1. The smallest absolute Gasteiger partial charge is 0.348 e. The first-order valence-corrected chi connectivity index (χ1v) is 11.5. The minimum atomic E-state index is -3.78. The van der Waals surface area contributed by atoms with E-state index in [0.717, 1.165) is 0 Å². The number of amides is 4. The molecule has 2 atom stereocenters.